The summed E-state index contributed by atoms with van der Waals surface area (Å²) in [5.41, 5.74) is 0.735. The van der Waals surface area contributed by atoms with Gasteiger partial charge in [0.05, 0.1) is 5.56 Å². The third-order valence-electron chi connectivity index (χ3n) is 2.83. The van der Waals surface area contributed by atoms with Crippen molar-refractivity contribution in [2.75, 3.05) is 0 Å². The van der Waals surface area contributed by atoms with Crippen molar-refractivity contribution in [3.8, 4) is 0 Å². The van der Waals surface area contributed by atoms with Crippen LogP contribution in [-0.4, -0.2) is 5.78 Å². The molecule has 1 nitrogen and oxygen atoms in total. The molecule has 0 aromatic heterocycles. The number of hydrogen-bond acceptors (Lipinski definition) is 1. The van der Waals surface area contributed by atoms with Gasteiger partial charge >= 0.3 is 0 Å². The Labute approximate surface area is 118 Å². The van der Waals surface area contributed by atoms with Crippen molar-refractivity contribution in [1.29, 1.82) is 0 Å². The third kappa shape index (κ3) is 3.07. The average Bonchev–Trinajstić information content (AvgIpc) is 2.36. The van der Waals surface area contributed by atoms with Crippen LogP contribution in [0.5, 0.6) is 0 Å². The van der Waals surface area contributed by atoms with Crippen molar-refractivity contribution in [1.82, 2.24) is 0 Å². The number of Topliss-reactive ketones (excluding diaryl/α,β-unsaturated/α-hetero) is 1. The van der Waals surface area contributed by atoms with E-state index in [-0.39, 0.29) is 17.5 Å². The summed E-state index contributed by atoms with van der Waals surface area (Å²) in [4.78, 5) is 12.0. The molecule has 98 valence electrons. The normalized spacial score (nSPS) is 10.5. The molecule has 0 radical (unpaired) electrons. The molecule has 2 aromatic carbocycles. The first kappa shape index (κ1) is 13.9. The molecule has 0 N–H and O–H groups in total. The summed E-state index contributed by atoms with van der Waals surface area (Å²) in [6.07, 6.45) is 0.0405. The fraction of sp³-hybridized carbons (Fsp3) is 0.133. The quantitative estimate of drug-likeness (QED) is 0.762. The molecular formula is C15H11BrF2O. The molecule has 0 aliphatic heterocycles. The van der Waals surface area contributed by atoms with Crippen LogP contribution < -0.4 is 0 Å². The topological polar surface area (TPSA) is 17.1 Å². The van der Waals surface area contributed by atoms with E-state index in [1.54, 1.807) is 18.2 Å². The van der Waals surface area contributed by atoms with Gasteiger partial charge in [0.2, 0.25) is 0 Å². The highest BCUT2D eigenvalue weighted by Crippen LogP contribution is 2.19. The van der Waals surface area contributed by atoms with Crippen LogP contribution in [0.1, 0.15) is 21.5 Å². The second-order valence-electron chi connectivity index (χ2n) is 4.29. The molecular weight excluding hydrogens is 314 g/mol. The second kappa shape index (κ2) is 5.61. The molecule has 0 saturated carbocycles. The van der Waals surface area contributed by atoms with Crippen LogP contribution in [0, 0.1) is 18.6 Å². The van der Waals surface area contributed by atoms with E-state index in [0.717, 1.165) is 10.0 Å². The van der Waals surface area contributed by atoms with Crippen molar-refractivity contribution >= 4 is 21.7 Å². The molecule has 0 unspecified atom stereocenters. The Balaban J connectivity index is 2.28. The molecule has 0 fully saturated rings. The molecule has 2 aromatic rings. The van der Waals surface area contributed by atoms with E-state index < -0.39 is 17.4 Å². The Morgan fingerprint density at radius 1 is 1.16 bits per heavy atom. The van der Waals surface area contributed by atoms with Gasteiger partial charge in [-0.3, -0.25) is 4.79 Å². The standard InChI is InChI=1S/C15H11BrF2O/c1-9-5-6-12(15(18)14(9)17)13(19)8-10-3-2-4-11(16)7-10/h2-7H,8H2,1H3. The molecule has 4 heteroatoms. The highest BCUT2D eigenvalue weighted by atomic mass is 79.9. The molecule has 19 heavy (non-hydrogen) atoms. The summed E-state index contributed by atoms with van der Waals surface area (Å²) in [5, 5.41) is 0. The van der Waals surface area contributed by atoms with Gasteiger partial charge in [-0.25, -0.2) is 8.78 Å². The molecule has 0 atom stereocenters. The van der Waals surface area contributed by atoms with Gasteiger partial charge in [-0.15, -0.1) is 0 Å². The predicted molar refractivity (Wildman–Crippen MR) is 73.3 cm³/mol. The van der Waals surface area contributed by atoms with Gasteiger partial charge in [0.1, 0.15) is 0 Å². The van der Waals surface area contributed by atoms with Gasteiger partial charge in [-0.2, -0.15) is 0 Å². The fourth-order valence-electron chi connectivity index (χ4n) is 1.79. The summed E-state index contributed by atoms with van der Waals surface area (Å²) >= 11 is 3.30. The predicted octanol–water partition coefficient (Wildman–Crippen LogP) is 4.46. The maximum atomic E-state index is 13.7. The number of rotatable bonds is 3. The Morgan fingerprint density at radius 3 is 2.58 bits per heavy atom. The van der Waals surface area contributed by atoms with Crippen molar-refractivity contribution in [3.63, 3.8) is 0 Å². The molecule has 0 bridgehead atoms. The maximum absolute atomic E-state index is 13.7. The first-order valence-corrected chi connectivity index (χ1v) is 6.50. The Kier molecular flexibility index (Phi) is 4.10. The number of benzene rings is 2. The minimum atomic E-state index is -1.07. The van der Waals surface area contributed by atoms with Crippen LogP contribution >= 0.6 is 15.9 Å². The molecule has 0 aliphatic rings. The first-order valence-electron chi connectivity index (χ1n) is 5.71. The zero-order valence-corrected chi connectivity index (χ0v) is 11.8. The van der Waals surface area contributed by atoms with E-state index >= 15 is 0 Å². The van der Waals surface area contributed by atoms with E-state index in [1.807, 2.05) is 6.07 Å². The molecule has 0 heterocycles. The highest BCUT2D eigenvalue weighted by molar-refractivity contribution is 9.10. The highest BCUT2D eigenvalue weighted by Gasteiger charge is 2.17. The van der Waals surface area contributed by atoms with Crippen molar-refractivity contribution < 1.29 is 13.6 Å². The van der Waals surface area contributed by atoms with Crippen molar-refractivity contribution in [2.24, 2.45) is 0 Å². The summed E-state index contributed by atoms with van der Waals surface area (Å²) in [5.74, 6) is -2.46. The molecule has 0 saturated heterocycles. The lowest BCUT2D eigenvalue weighted by Gasteiger charge is -2.06. The number of hydrogen-bond donors (Lipinski definition) is 0. The summed E-state index contributed by atoms with van der Waals surface area (Å²) < 4.78 is 28.0. The Morgan fingerprint density at radius 2 is 1.89 bits per heavy atom. The van der Waals surface area contributed by atoms with E-state index in [9.17, 15) is 13.6 Å². The second-order valence-corrected chi connectivity index (χ2v) is 5.20. The monoisotopic (exact) mass is 324 g/mol. The maximum Gasteiger partial charge on any atom is 0.170 e. The molecule has 0 amide bonds. The van der Waals surface area contributed by atoms with E-state index in [1.165, 1.54) is 19.1 Å². The van der Waals surface area contributed by atoms with Crippen molar-refractivity contribution in [2.45, 2.75) is 13.3 Å². The minimum absolute atomic E-state index is 0.0405. The molecule has 0 spiro atoms. The van der Waals surface area contributed by atoms with Crippen LogP contribution in [-0.2, 0) is 6.42 Å². The van der Waals surface area contributed by atoms with E-state index in [4.69, 9.17) is 0 Å². The number of halogens is 3. The Bertz CT molecular complexity index is 638. The number of ketones is 1. The van der Waals surface area contributed by atoms with Gasteiger partial charge < -0.3 is 0 Å². The fourth-order valence-corrected chi connectivity index (χ4v) is 2.24. The minimum Gasteiger partial charge on any atom is -0.294 e. The summed E-state index contributed by atoms with van der Waals surface area (Å²) in [6.45, 7) is 1.46. The first-order chi connectivity index (χ1) is 8.99. The summed E-state index contributed by atoms with van der Waals surface area (Å²) in [7, 11) is 0. The zero-order chi connectivity index (χ0) is 14.0. The lowest BCUT2D eigenvalue weighted by Crippen LogP contribution is -2.08. The summed E-state index contributed by atoms with van der Waals surface area (Å²) in [6, 6.07) is 9.91. The molecule has 0 aliphatic carbocycles. The van der Waals surface area contributed by atoms with Gasteiger partial charge in [0.15, 0.2) is 17.4 Å². The Hall–Kier alpha value is -1.55. The smallest absolute Gasteiger partial charge is 0.170 e. The number of carbonyl (C=O) groups is 1. The van der Waals surface area contributed by atoms with Crippen LogP contribution in [0.2, 0.25) is 0 Å². The van der Waals surface area contributed by atoms with Crippen LogP contribution in [0.15, 0.2) is 40.9 Å². The van der Waals surface area contributed by atoms with Gasteiger partial charge in [0.25, 0.3) is 0 Å². The zero-order valence-electron chi connectivity index (χ0n) is 10.2. The van der Waals surface area contributed by atoms with Gasteiger partial charge in [-0.1, -0.05) is 34.1 Å². The van der Waals surface area contributed by atoms with Crippen LogP contribution in [0.25, 0.3) is 0 Å². The largest absolute Gasteiger partial charge is 0.294 e. The van der Waals surface area contributed by atoms with Gasteiger partial charge in [0, 0.05) is 10.9 Å². The van der Waals surface area contributed by atoms with Gasteiger partial charge in [-0.05, 0) is 36.2 Å². The number of aryl methyl sites for hydroxylation is 1. The van der Waals surface area contributed by atoms with E-state index in [0.29, 0.717) is 0 Å². The lowest BCUT2D eigenvalue weighted by molar-refractivity contribution is 0.0988. The number of carbonyl (C=O) groups excluding carboxylic acids is 1. The average molecular weight is 325 g/mol. The lowest BCUT2D eigenvalue weighted by atomic mass is 10.0. The van der Waals surface area contributed by atoms with E-state index in [2.05, 4.69) is 15.9 Å². The SMILES string of the molecule is Cc1ccc(C(=O)Cc2cccc(Br)c2)c(F)c1F. The van der Waals surface area contributed by atoms with Crippen LogP contribution in [0.4, 0.5) is 8.78 Å². The van der Waals surface area contributed by atoms with Crippen LogP contribution in [0.3, 0.4) is 0 Å². The third-order valence-corrected chi connectivity index (χ3v) is 3.32. The molecule has 2 rings (SSSR count). The van der Waals surface area contributed by atoms with Crippen molar-refractivity contribution in [3.05, 3.63) is 69.2 Å².